The van der Waals surface area contributed by atoms with Crippen molar-refractivity contribution in [1.82, 2.24) is 14.8 Å². The van der Waals surface area contributed by atoms with Crippen molar-refractivity contribution in [3.63, 3.8) is 0 Å². The van der Waals surface area contributed by atoms with Crippen LogP contribution < -0.4 is 5.73 Å². The van der Waals surface area contributed by atoms with Crippen molar-refractivity contribution in [2.24, 2.45) is 11.7 Å². The van der Waals surface area contributed by atoms with E-state index in [4.69, 9.17) is 5.73 Å². The predicted octanol–water partition coefficient (Wildman–Crippen LogP) is 0.870. The van der Waals surface area contributed by atoms with Crippen LogP contribution in [0.1, 0.15) is 12.2 Å². The van der Waals surface area contributed by atoms with E-state index in [1.54, 1.807) is 18.2 Å². The van der Waals surface area contributed by atoms with Crippen molar-refractivity contribution in [2.75, 3.05) is 12.8 Å². The van der Waals surface area contributed by atoms with E-state index in [1.807, 2.05) is 6.07 Å². The zero-order valence-electron chi connectivity index (χ0n) is 11.9. The van der Waals surface area contributed by atoms with E-state index in [0.717, 1.165) is 30.8 Å². The molecule has 1 aromatic heterocycles. The monoisotopic (exact) mass is 306 g/mol. The van der Waals surface area contributed by atoms with Crippen molar-refractivity contribution in [3.8, 4) is 11.4 Å². The maximum Gasteiger partial charge on any atom is 0.175 e. The van der Waals surface area contributed by atoms with Gasteiger partial charge < -0.3 is 10.3 Å². The normalized spacial score (nSPS) is 18.5. The molecule has 1 aliphatic rings. The van der Waals surface area contributed by atoms with E-state index in [-0.39, 0.29) is 0 Å². The number of hydrogen-bond donors (Lipinski definition) is 1. The molecule has 0 radical (unpaired) electrons. The van der Waals surface area contributed by atoms with E-state index < -0.39 is 9.84 Å². The lowest BCUT2D eigenvalue weighted by atomic mass is 9.99. The first-order valence-electron chi connectivity index (χ1n) is 6.91. The lowest BCUT2D eigenvalue weighted by Gasteiger charge is -2.23. The summed E-state index contributed by atoms with van der Waals surface area (Å²) >= 11 is 0. The third kappa shape index (κ3) is 2.71. The summed E-state index contributed by atoms with van der Waals surface area (Å²) in [4.78, 5) is 0.295. The quantitative estimate of drug-likeness (QED) is 0.908. The van der Waals surface area contributed by atoms with Gasteiger partial charge in [-0.05, 0) is 31.0 Å². The maximum atomic E-state index is 11.7. The van der Waals surface area contributed by atoms with Crippen molar-refractivity contribution < 1.29 is 8.42 Å². The Hall–Kier alpha value is -1.73. The molecule has 112 valence electrons. The van der Waals surface area contributed by atoms with Gasteiger partial charge >= 0.3 is 0 Å². The van der Waals surface area contributed by atoms with Crippen LogP contribution in [0.3, 0.4) is 0 Å². The molecule has 2 heterocycles. The first kappa shape index (κ1) is 14.2. The van der Waals surface area contributed by atoms with Gasteiger partial charge in [0.15, 0.2) is 15.7 Å². The van der Waals surface area contributed by atoms with Gasteiger partial charge in [0.1, 0.15) is 5.82 Å². The highest BCUT2D eigenvalue weighted by Gasteiger charge is 2.23. The van der Waals surface area contributed by atoms with Crippen LogP contribution in [0.5, 0.6) is 0 Å². The summed E-state index contributed by atoms with van der Waals surface area (Å²) in [5, 5.41) is 8.45. The molecule has 0 saturated heterocycles. The molecular weight excluding hydrogens is 288 g/mol. The second-order valence-corrected chi connectivity index (χ2v) is 7.51. The smallest absolute Gasteiger partial charge is 0.175 e. The molecular formula is C14H18N4O2S. The number of nitrogens with two attached hydrogens (primary N) is 1. The number of aryl methyl sites for hydroxylation is 1. The number of benzene rings is 1. The molecule has 0 bridgehead atoms. The average molecular weight is 306 g/mol. The standard InChI is InChI=1S/C14H18N4O2S/c1-21(19,20)12-4-2-3-11(7-12)14-17-16-13-6-5-10(8-15)9-18(13)14/h2-4,7,10H,5-6,8-9,15H2,1H3. The summed E-state index contributed by atoms with van der Waals surface area (Å²) in [7, 11) is -3.23. The van der Waals surface area contributed by atoms with Gasteiger partial charge in [-0.2, -0.15) is 0 Å². The van der Waals surface area contributed by atoms with Crippen LogP contribution in [0.15, 0.2) is 29.2 Å². The van der Waals surface area contributed by atoms with Gasteiger partial charge in [0.2, 0.25) is 0 Å². The zero-order valence-corrected chi connectivity index (χ0v) is 12.7. The summed E-state index contributed by atoms with van der Waals surface area (Å²) in [6.07, 6.45) is 3.09. The second kappa shape index (κ2) is 5.23. The Kier molecular flexibility index (Phi) is 3.54. The van der Waals surface area contributed by atoms with Crippen LogP contribution in [0, 0.1) is 5.92 Å². The van der Waals surface area contributed by atoms with Crippen LogP contribution >= 0.6 is 0 Å². The van der Waals surface area contributed by atoms with Gasteiger partial charge in [0.05, 0.1) is 4.90 Å². The van der Waals surface area contributed by atoms with Crippen LogP contribution in [0.25, 0.3) is 11.4 Å². The minimum atomic E-state index is -3.23. The molecule has 3 rings (SSSR count). The number of hydrogen-bond acceptors (Lipinski definition) is 5. The molecule has 1 aliphatic heterocycles. The number of sulfone groups is 1. The summed E-state index contributed by atoms with van der Waals surface area (Å²) in [6, 6.07) is 6.84. The van der Waals surface area contributed by atoms with E-state index >= 15 is 0 Å². The number of aromatic nitrogens is 3. The Bertz CT molecular complexity index is 767. The van der Waals surface area contributed by atoms with Crippen LogP contribution in [-0.4, -0.2) is 36.0 Å². The van der Waals surface area contributed by atoms with E-state index in [0.29, 0.717) is 23.2 Å². The highest BCUT2D eigenvalue weighted by molar-refractivity contribution is 7.90. The molecule has 2 aromatic rings. The molecule has 1 unspecified atom stereocenters. The zero-order chi connectivity index (χ0) is 15.0. The Morgan fingerprint density at radius 2 is 2.19 bits per heavy atom. The number of fused-ring (bicyclic) bond motifs is 1. The number of nitrogens with zero attached hydrogens (tertiary/aromatic N) is 3. The molecule has 21 heavy (non-hydrogen) atoms. The van der Waals surface area contributed by atoms with Crippen molar-refractivity contribution >= 4 is 9.84 Å². The lowest BCUT2D eigenvalue weighted by Crippen LogP contribution is -2.26. The van der Waals surface area contributed by atoms with Gasteiger partial charge in [0.25, 0.3) is 0 Å². The lowest BCUT2D eigenvalue weighted by molar-refractivity contribution is 0.375. The van der Waals surface area contributed by atoms with E-state index in [1.165, 1.54) is 6.26 Å². The molecule has 2 N–H and O–H groups in total. The summed E-state index contributed by atoms with van der Waals surface area (Å²) in [5.41, 5.74) is 6.54. The molecule has 0 fully saturated rings. The van der Waals surface area contributed by atoms with Gasteiger partial charge in [-0.15, -0.1) is 10.2 Å². The second-order valence-electron chi connectivity index (χ2n) is 5.49. The first-order valence-corrected chi connectivity index (χ1v) is 8.81. The molecule has 0 spiro atoms. The van der Waals surface area contributed by atoms with Gasteiger partial charge in [-0.1, -0.05) is 12.1 Å². The van der Waals surface area contributed by atoms with E-state index in [2.05, 4.69) is 14.8 Å². The van der Waals surface area contributed by atoms with Gasteiger partial charge in [-0.25, -0.2) is 8.42 Å². The highest BCUT2D eigenvalue weighted by atomic mass is 32.2. The topological polar surface area (TPSA) is 90.9 Å². The Balaban J connectivity index is 2.05. The number of rotatable bonds is 3. The molecule has 1 aromatic carbocycles. The molecule has 0 saturated carbocycles. The fourth-order valence-electron chi connectivity index (χ4n) is 2.67. The minimum absolute atomic E-state index is 0.295. The van der Waals surface area contributed by atoms with Gasteiger partial charge in [0, 0.05) is 24.8 Å². The summed E-state index contributed by atoms with van der Waals surface area (Å²) in [6.45, 7) is 1.43. The SMILES string of the molecule is CS(=O)(=O)c1cccc(-c2nnc3n2CC(CN)CC3)c1. The molecule has 0 aliphatic carbocycles. The molecule has 6 nitrogen and oxygen atoms in total. The Labute approximate surface area is 123 Å². The summed E-state index contributed by atoms with van der Waals surface area (Å²) in [5.74, 6) is 2.08. The summed E-state index contributed by atoms with van der Waals surface area (Å²) < 4.78 is 25.4. The minimum Gasteiger partial charge on any atom is -0.330 e. The van der Waals surface area contributed by atoms with Crippen LogP contribution in [-0.2, 0) is 22.8 Å². The van der Waals surface area contributed by atoms with Crippen molar-refractivity contribution in [1.29, 1.82) is 0 Å². The third-order valence-electron chi connectivity index (χ3n) is 3.90. The molecule has 7 heteroatoms. The predicted molar refractivity (Wildman–Crippen MR) is 79.4 cm³/mol. The van der Waals surface area contributed by atoms with Crippen LogP contribution in [0.4, 0.5) is 0 Å². The van der Waals surface area contributed by atoms with Crippen LogP contribution in [0.2, 0.25) is 0 Å². The largest absolute Gasteiger partial charge is 0.330 e. The van der Waals surface area contributed by atoms with Gasteiger partial charge in [-0.3, -0.25) is 0 Å². The first-order chi connectivity index (χ1) is 9.99. The van der Waals surface area contributed by atoms with Crippen molar-refractivity contribution in [3.05, 3.63) is 30.1 Å². The van der Waals surface area contributed by atoms with Crippen molar-refractivity contribution in [2.45, 2.75) is 24.3 Å². The Morgan fingerprint density at radius 1 is 1.38 bits per heavy atom. The third-order valence-corrected chi connectivity index (χ3v) is 5.01. The van der Waals surface area contributed by atoms with E-state index in [9.17, 15) is 8.42 Å². The highest BCUT2D eigenvalue weighted by Crippen LogP contribution is 2.26. The average Bonchev–Trinajstić information content (AvgIpc) is 2.89. The maximum absolute atomic E-state index is 11.7. The molecule has 1 atom stereocenters. The fraction of sp³-hybridized carbons (Fsp3) is 0.429. The Morgan fingerprint density at radius 3 is 2.90 bits per heavy atom. The fourth-order valence-corrected chi connectivity index (χ4v) is 3.33. The molecule has 0 amide bonds.